The van der Waals surface area contributed by atoms with E-state index in [0.29, 0.717) is 6.42 Å². The van der Waals surface area contributed by atoms with Crippen molar-refractivity contribution in [3.8, 4) is 0 Å². The normalized spacial score (nSPS) is 19.7. The molecule has 1 aromatic carbocycles. The summed E-state index contributed by atoms with van der Waals surface area (Å²) >= 11 is 0. The van der Waals surface area contributed by atoms with E-state index in [1.165, 1.54) is 5.56 Å². The molecule has 0 atom stereocenters. The number of nitrogens with two attached hydrogens (primary N) is 1. The molecule has 2 aliphatic rings. The van der Waals surface area contributed by atoms with Crippen LogP contribution in [0.1, 0.15) is 17.5 Å². The maximum Gasteiger partial charge on any atom is 0.227 e. The van der Waals surface area contributed by atoms with Gasteiger partial charge in [-0.1, -0.05) is 0 Å². The van der Waals surface area contributed by atoms with E-state index in [1.807, 2.05) is 17.9 Å². The number of amides is 1. The van der Waals surface area contributed by atoms with Crippen LogP contribution in [0.25, 0.3) is 0 Å². The van der Waals surface area contributed by atoms with Crippen LogP contribution in [0.4, 0.5) is 11.4 Å². The summed E-state index contributed by atoms with van der Waals surface area (Å²) in [4.78, 5) is 16.6. The first kappa shape index (κ1) is 14.4. The molecule has 1 saturated heterocycles. The lowest BCUT2D eigenvalue weighted by molar-refractivity contribution is -0.119. The number of hydrogen-bond acceptors (Lipinski definition) is 4. The van der Waals surface area contributed by atoms with Crippen molar-refractivity contribution < 1.29 is 9.53 Å². The maximum atomic E-state index is 12.3. The molecule has 0 saturated carbocycles. The average Bonchev–Trinajstić information content (AvgIpc) is 2.49. The fourth-order valence-electron chi connectivity index (χ4n) is 3.03. The van der Waals surface area contributed by atoms with Gasteiger partial charge in [-0.05, 0) is 36.6 Å². The molecule has 114 valence electrons. The molecule has 2 heterocycles. The van der Waals surface area contributed by atoms with Gasteiger partial charge in [0, 0.05) is 44.0 Å². The number of ether oxygens (including phenoxy) is 1. The minimum absolute atomic E-state index is 0.222. The van der Waals surface area contributed by atoms with Crippen LogP contribution in [0.5, 0.6) is 0 Å². The van der Waals surface area contributed by atoms with Crippen molar-refractivity contribution >= 4 is 17.3 Å². The fourth-order valence-corrected chi connectivity index (χ4v) is 3.03. The summed E-state index contributed by atoms with van der Waals surface area (Å²) in [6.45, 7) is 7.13. The molecule has 5 heteroatoms. The van der Waals surface area contributed by atoms with Crippen molar-refractivity contribution in [1.29, 1.82) is 0 Å². The molecule has 5 nitrogen and oxygen atoms in total. The lowest BCUT2D eigenvalue weighted by Crippen LogP contribution is -2.44. The summed E-state index contributed by atoms with van der Waals surface area (Å²) in [6, 6.07) is 4.08. The summed E-state index contributed by atoms with van der Waals surface area (Å²) < 4.78 is 5.36. The Balaban J connectivity index is 1.75. The Morgan fingerprint density at radius 3 is 2.71 bits per heavy atom. The van der Waals surface area contributed by atoms with Crippen LogP contribution in [-0.4, -0.2) is 50.2 Å². The van der Waals surface area contributed by atoms with E-state index in [2.05, 4.69) is 11.0 Å². The third kappa shape index (κ3) is 3.04. The molecule has 0 aliphatic carbocycles. The highest BCUT2D eigenvalue weighted by Gasteiger charge is 2.25. The van der Waals surface area contributed by atoms with Crippen molar-refractivity contribution in [3.63, 3.8) is 0 Å². The Bertz CT molecular complexity index is 539. The van der Waals surface area contributed by atoms with Crippen LogP contribution in [0.3, 0.4) is 0 Å². The van der Waals surface area contributed by atoms with Gasteiger partial charge in [-0.3, -0.25) is 9.69 Å². The molecule has 1 fully saturated rings. The Morgan fingerprint density at radius 2 is 1.95 bits per heavy atom. The zero-order valence-corrected chi connectivity index (χ0v) is 12.6. The first-order valence-electron chi connectivity index (χ1n) is 7.64. The number of carbonyl (C=O) groups is 1. The molecular weight excluding hydrogens is 266 g/mol. The number of rotatable bonds is 3. The Kier molecular flexibility index (Phi) is 4.12. The van der Waals surface area contributed by atoms with Gasteiger partial charge in [-0.15, -0.1) is 0 Å². The van der Waals surface area contributed by atoms with Gasteiger partial charge in [0.15, 0.2) is 0 Å². The van der Waals surface area contributed by atoms with Crippen molar-refractivity contribution in [2.75, 3.05) is 50.0 Å². The molecule has 1 amide bonds. The third-order valence-corrected chi connectivity index (χ3v) is 4.41. The van der Waals surface area contributed by atoms with Crippen LogP contribution in [0, 0.1) is 6.92 Å². The Morgan fingerprint density at radius 1 is 1.19 bits per heavy atom. The zero-order chi connectivity index (χ0) is 14.8. The topological polar surface area (TPSA) is 58.8 Å². The van der Waals surface area contributed by atoms with Gasteiger partial charge in [-0.2, -0.15) is 0 Å². The van der Waals surface area contributed by atoms with Gasteiger partial charge in [0.1, 0.15) is 0 Å². The molecule has 21 heavy (non-hydrogen) atoms. The highest BCUT2D eigenvalue weighted by Crippen LogP contribution is 2.31. The predicted octanol–water partition coefficient (Wildman–Crippen LogP) is 1.19. The van der Waals surface area contributed by atoms with Gasteiger partial charge in [0.05, 0.1) is 13.2 Å². The molecule has 3 rings (SSSR count). The predicted molar refractivity (Wildman–Crippen MR) is 83.5 cm³/mol. The van der Waals surface area contributed by atoms with Gasteiger partial charge < -0.3 is 15.4 Å². The number of anilines is 2. The largest absolute Gasteiger partial charge is 0.399 e. The lowest BCUT2D eigenvalue weighted by atomic mass is 9.98. The van der Waals surface area contributed by atoms with Gasteiger partial charge in [0.2, 0.25) is 5.91 Å². The van der Waals surface area contributed by atoms with Gasteiger partial charge in [0.25, 0.3) is 0 Å². The number of aryl methyl sites for hydroxylation is 2. The quantitative estimate of drug-likeness (QED) is 0.849. The van der Waals surface area contributed by atoms with Crippen molar-refractivity contribution in [3.05, 3.63) is 23.3 Å². The lowest BCUT2D eigenvalue weighted by Gasteiger charge is -2.33. The Labute approximate surface area is 125 Å². The van der Waals surface area contributed by atoms with E-state index >= 15 is 0 Å². The second kappa shape index (κ2) is 6.03. The standard InChI is InChI=1S/C16H23N3O2/c1-12-10-15-13(11-14(12)17)2-3-16(20)19(15)5-4-18-6-8-21-9-7-18/h10-11H,2-9,17H2,1H3. The summed E-state index contributed by atoms with van der Waals surface area (Å²) in [7, 11) is 0. The molecule has 1 aromatic rings. The van der Waals surface area contributed by atoms with E-state index in [-0.39, 0.29) is 5.91 Å². The van der Waals surface area contributed by atoms with E-state index < -0.39 is 0 Å². The molecule has 0 bridgehead atoms. The number of hydrogen-bond donors (Lipinski definition) is 1. The third-order valence-electron chi connectivity index (χ3n) is 4.41. The second-order valence-electron chi connectivity index (χ2n) is 5.84. The summed E-state index contributed by atoms with van der Waals surface area (Å²) in [5, 5.41) is 0. The van der Waals surface area contributed by atoms with E-state index in [4.69, 9.17) is 10.5 Å². The second-order valence-corrected chi connectivity index (χ2v) is 5.84. The molecule has 0 unspecified atom stereocenters. The van der Waals surface area contributed by atoms with E-state index in [1.54, 1.807) is 0 Å². The van der Waals surface area contributed by atoms with Crippen LogP contribution >= 0.6 is 0 Å². The minimum Gasteiger partial charge on any atom is -0.399 e. The SMILES string of the molecule is Cc1cc2c(cc1N)CCC(=O)N2CCN1CCOCC1. The minimum atomic E-state index is 0.222. The van der Waals surface area contributed by atoms with Crippen LogP contribution in [0.15, 0.2) is 12.1 Å². The highest BCUT2D eigenvalue weighted by molar-refractivity contribution is 5.97. The summed E-state index contributed by atoms with van der Waals surface area (Å²) in [5.41, 5.74) is 10.1. The zero-order valence-electron chi connectivity index (χ0n) is 12.6. The summed E-state index contributed by atoms with van der Waals surface area (Å²) in [5.74, 6) is 0.222. The number of morpholine rings is 1. The van der Waals surface area contributed by atoms with Gasteiger partial charge >= 0.3 is 0 Å². The van der Waals surface area contributed by atoms with Crippen molar-refractivity contribution in [2.45, 2.75) is 19.8 Å². The molecule has 0 aromatic heterocycles. The van der Waals surface area contributed by atoms with E-state index in [0.717, 1.165) is 62.8 Å². The van der Waals surface area contributed by atoms with Crippen LogP contribution in [-0.2, 0) is 16.0 Å². The monoisotopic (exact) mass is 289 g/mol. The van der Waals surface area contributed by atoms with Gasteiger partial charge in [-0.25, -0.2) is 0 Å². The molecule has 2 aliphatic heterocycles. The molecule has 0 radical (unpaired) electrons. The fraction of sp³-hybridized carbons (Fsp3) is 0.562. The Hall–Kier alpha value is -1.59. The average molecular weight is 289 g/mol. The highest BCUT2D eigenvalue weighted by atomic mass is 16.5. The van der Waals surface area contributed by atoms with Crippen molar-refractivity contribution in [2.24, 2.45) is 0 Å². The number of nitrogens with zero attached hydrogens (tertiary/aromatic N) is 2. The smallest absolute Gasteiger partial charge is 0.227 e. The summed E-state index contributed by atoms with van der Waals surface area (Å²) in [6.07, 6.45) is 1.38. The molecule has 0 spiro atoms. The number of benzene rings is 1. The first-order chi connectivity index (χ1) is 10.1. The van der Waals surface area contributed by atoms with Crippen LogP contribution < -0.4 is 10.6 Å². The first-order valence-corrected chi connectivity index (χ1v) is 7.64. The molecule has 2 N–H and O–H groups in total. The van der Waals surface area contributed by atoms with Crippen molar-refractivity contribution in [1.82, 2.24) is 4.90 Å². The van der Waals surface area contributed by atoms with Crippen LogP contribution in [0.2, 0.25) is 0 Å². The number of nitrogen functional groups attached to an aromatic ring is 1. The molecular formula is C16H23N3O2. The number of fused-ring (bicyclic) bond motifs is 1. The maximum absolute atomic E-state index is 12.3. The number of carbonyl (C=O) groups excluding carboxylic acids is 1. The van der Waals surface area contributed by atoms with E-state index in [9.17, 15) is 4.79 Å².